The lowest BCUT2D eigenvalue weighted by molar-refractivity contribution is -0.145. The Kier molecular flexibility index (Phi) is 4.14. The third kappa shape index (κ3) is 3.30. The van der Waals surface area contributed by atoms with Crippen LogP contribution in [0, 0.1) is 5.82 Å². The predicted molar refractivity (Wildman–Crippen MR) is 68.7 cm³/mol. The van der Waals surface area contributed by atoms with Gasteiger partial charge >= 0.3 is 0 Å². The monoisotopic (exact) mass is 264 g/mol. The van der Waals surface area contributed by atoms with Crippen LogP contribution in [0.25, 0.3) is 0 Å². The smallest absolute Gasteiger partial charge is 0.245 e. The van der Waals surface area contributed by atoms with Crippen molar-refractivity contribution in [1.82, 2.24) is 10.2 Å². The Labute approximate surface area is 111 Å². The average molecular weight is 264 g/mol. The lowest BCUT2D eigenvalue weighted by Gasteiger charge is -2.32. The van der Waals surface area contributed by atoms with Crippen molar-refractivity contribution in [3.63, 3.8) is 0 Å². The summed E-state index contributed by atoms with van der Waals surface area (Å²) in [6.45, 7) is 2.27. The number of halogens is 1. The number of carbonyl (C=O) groups is 2. The highest BCUT2D eigenvalue weighted by Crippen LogP contribution is 2.13. The van der Waals surface area contributed by atoms with Crippen LogP contribution in [0.1, 0.15) is 25.3 Å². The van der Waals surface area contributed by atoms with Crippen LogP contribution in [-0.2, 0) is 16.1 Å². The fourth-order valence-electron chi connectivity index (χ4n) is 2.25. The van der Waals surface area contributed by atoms with Gasteiger partial charge in [-0.25, -0.2) is 4.39 Å². The second-order valence-corrected chi connectivity index (χ2v) is 4.73. The van der Waals surface area contributed by atoms with Gasteiger partial charge < -0.3 is 10.2 Å². The number of rotatable bonds is 4. The topological polar surface area (TPSA) is 49.4 Å². The summed E-state index contributed by atoms with van der Waals surface area (Å²) in [6, 6.07) is 5.64. The van der Waals surface area contributed by atoms with Crippen LogP contribution in [0.15, 0.2) is 24.3 Å². The van der Waals surface area contributed by atoms with Gasteiger partial charge in [-0.15, -0.1) is 0 Å². The van der Waals surface area contributed by atoms with Crippen molar-refractivity contribution >= 4 is 11.8 Å². The Hall–Kier alpha value is -1.91. The minimum Gasteiger partial charge on any atom is -0.343 e. The van der Waals surface area contributed by atoms with E-state index in [9.17, 15) is 14.0 Å². The molecule has 0 aromatic heterocycles. The molecule has 102 valence electrons. The Morgan fingerprint density at radius 1 is 1.42 bits per heavy atom. The number of nitrogens with zero attached hydrogens (tertiary/aromatic N) is 1. The Morgan fingerprint density at radius 3 is 2.89 bits per heavy atom. The molecule has 1 aliphatic heterocycles. The molecule has 0 spiro atoms. The van der Waals surface area contributed by atoms with Crippen LogP contribution in [0.3, 0.4) is 0 Å². The number of hydrogen-bond acceptors (Lipinski definition) is 2. The van der Waals surface area contributed by atoms with E-state index >= 15 is 0 Å². The summed E-state index contributed by atoms with van der Waals surface area (Å²) in [5.41, 5.74) is 0.693. The van der Waals surface area contributed by atoms with E-state index in [4.69, 9.17) is 0 Å². The van der Waals surface area contributed by atoms with E-state index < -0.39 is 6.04 Å². The maximum Gasteiger partial charge on any atom is 0.245 e. The summed E-state index contributed by atoms with van der Waals surface area (Å²) in [5, 5.41) is 2.69. The first-order valence-corrected chi connectivity index (χ1v) is 6.42. The van der Waals surface area contributed by atoms with Gasteiger partial charge in [0, 0.05) is 6.54 Å². The van der Waals surface area contributed by atoms with Crippen LogP contribution in [0.4, 0.5) is 4.39 Å². The van der Waals surface area contributed by atoms with Gasteiger partial charge in [-0.3, -0.25) is 9.59 Å². The van der Waals surface area contributed by atoms with Crippen LogP contribution in [-0.4, -0.2) is 29.3 Å². The largest absolute Gasteiger partial charge is 0.343 e. The van der Waals surface area contributed by atoms with E-state index in [0.717, 1.165) is 6.42 Å². The van der Waals surface area contributed by atoms with E-state index in [1.165, 1.54) is 17.0 Å². The molecule has 1 N–H and O–H groups in total. The van der Waals surface area contributed by atoms with Crippen molar-refractivity contribution in [1.29, 1.82) is 0 Å². The van der Waals surface area contributed by atoms with Crippen molar-refractivity contribution in [2.24, 2.45) is 0 Å². The quantitative estimate of drug-likeness (QED) is 0.895. The van der Waals surface area contributed by atoms with Gasteiger partial charge in [-0.1, -0.05) is 25.5 Å². The predicted octanol–water partition coefficient (Wildman–Crippen LogP) is 1.45. The Bertz CT molecular complexity index is 490. The number of hydrogen-bond donors (Lipinski definition) is 1. The summed E-state index contributed by atoms with van der Waals surface area (Å²) in [7, 11) is 0. The first kappa shape index (κ1) is 13.5. The minimum absolute atomic E-state index is 0.0373. The third-order valence-electron chi connectivity index (χ3n) is 3.12. The highest BCUT2D eigenvalue weighted by atomic mass is 19.1. The zero-order valence-corrected chi connectivity index (χ0v) is 10.9. The van der Waals surface area contributed by atoms with Crippen molar-refractivity contribution in [2.75, 3.05) is 6.54 Å². The van der Waals surface area contributed by atoms with Gasteiger partial charge in [0.25, 0.3) is 0 Å². The molecule has 1 atom stereocenters. The SMILES string of the molecule is CCCC1NC(=O)CN(Cc2cccc(F)c2)C1=O. The molecule has 2 rings (SSSR count). The van der Waals surface area contributed by atoms with E-state index in [-0.39, 0.29) is 30.7 Å². The highest BCUT2D eigenvalue weighted by molar-refractivity contribution is 5.94. The molecule has 1 aromatic carbocycles. The molecule has 1 aliphatic rings. The van der Waals surface area contributed by atoms with Crippen LogP contribution in [0.5, 0.6) is 0 Å². The van der Waals surface area contributed by atoms with Gasteiger partial charge in [-0.2, -0.15) is 0 Å². The number of piperazine rings is 1. The summed E-state index contributed by atoms with van der Waals surface area (Å²) in [5.74, 6) is -0.586. The average Bonchev–Trinajstić information content (AvgIpc) is 2.35. The van der Waals surface area contributed by atoms with E-state index in [1.54, 1.807) is 12.1 Å². The number of carbonyl (C=O) groups excluding carboxylic acids is 2. The summed E-state index contributed by atoms with van der Waals surface area (Å²) >= 11 is 0. The van der Waals surface area contributed by atoms with Crippen molar-refractivity contribution in [2.45, 2.75) is 32.4 Å². The Morgan fingerprint density at radius 2 is 2.21 bits per heavy atom. The maximum absolute atomic E-state index is 13.1. The van der Waals surface area contributed by atoms with E-state index in [1.807, 2.05) is 6.92 Å². The molecule has 2 amide bonds. The van der Waals surface area contributed by atoms with Crippen molar-refractivity contribution in [3.05, 3.63) is 35.6 Å². The zero-order chi connectivity index (χ0) is 13.8. The molecule has 0 radical (unpaired) electrons. The van der Waals surface area contributed by atoms with Gasteiger partial charge in [0.05, 0.1) is 6.54 Å². The number of benzene rings is 1. The van der Waals surface area contributed by atoms with E-state index in [2.05, 4.69) is 5.32 Å². The molecule has 1 unspecified atom stereocenters. The molecule has 1 heterocycles. The first-order chi connectivity index (χ1) is 9.10. The molecule has 0 bridgehead atoms. The zero-order valence-electron chi connectivity index (χ0n) is 10.9. The first-order valence-electron chi connectivity index (χ1n) is 6.42. The maximum atomic E-state index is 13.1. The second-order valence-electron chi connectivity index (χ2n) is 4.73. The van der Waals surface area contributed by atoms with Crippen molar-refractivity contribution in [3.8, 4) is 0 Å². The molecule has 19 heavy (non-hydrogen) atoms. The molecule has 0 aliphatic carbocycles. The van der Waals surface area contributed by atoms with Gasteiger partial charge in [0.2, 0.25) is 11.8 Å². The molecule has 1 saturated heterocycles. The van der Waals surface area contributed by atoms with Gasteiger partial charge in [-0.05, 0) is 24.1 Å². The minimum atomic E-state index is -0.445. The van der Waals surface area contributed by atoms with Crippen LogP contribution < -0.4 is 5.32 Å². The number of nitrogens with one attached hydrogen (secondary N) is 1. The van der Waals surface area contributed by atoms with Crippen LogP contribution in [0.2, 0.25) is 0 Å². The molecule has 4 nitrogen and oxygen atoms in total. The Balaban J connectivity index is 2.10. The number of amides is 2. The highest BCUT2D eigenvalue weighted by Gasteiger charge is 2.31. The molecular weight excluding hydrogens is 247 g/mol. The van der Waals surface area contributed by atoms with Gasteiger partial charge in [0.15, 0.2) is 0 Å². The molecule has 5 heteroatoms. The molecule has 0 saturated carbocycles. The van der Waals surface area contributed by atoms with Crippen LogP contribution >= 0.6 is 0 Å². The molecule has 1 fully saturated rings. The standard InChI is InChI=1S/C14H17FN2O2/c1-2-4-12-14(19)17(9-13(18)16-12)8-10-5-3-6-11(15)7-10/h3,5-7,12H,2,4,8-9H2,1H3,(H,16,18). The summed E-state index contributed by atoms with van der Waals surface area (Å²) < 4.78 is 13.1. The third-order valence-corrected chi connectivity index (χ3v) is 3.12. The molecular formula is C14H17FN2O2. The van der Waals surface area contributed by atoms with Crippen molar-refractivity contribution < 1.29 is 14.0 Å². The summed E-state index contributed by atoms with van der Waals surface area (Å²) in [4.78, 5) is 25.2. The fraction of sp³-hybridized carbons (Fsp3) is 0.429. The van der Waals surface area contributed by atoms with Gasteiger partial charge in [0.1, 0.15) is 11.9 Å². The normalized spacial score (nSPS) is 19.5. The summed E-state index contributed by atoms with van der Waals surface area (Å²) in [6.07, 6.45) is 1.45. The second kappa shape index (κ2) is 5.82. The fourth-order valence-corrected chi connectivity index (χ4v) is 2.25. The lowest BCUT2D eigenvalue weighted by atomic mass is 10.1. The molecule has 1 aromatic rings. The lowest BCUT2D eigenvalue weighted by Crippen LogP contribution is -2.57. The van der Waals surface area contributed by atoms with E-state index in [0.29, 0.717) is 12.0 Å².